The van der Waals surface area contributed by atoms with Crippen LogP contribution in [0.5, 0.6) is 5.75 Å². The molecule has 3 aromatic rings. The third kappa shape index (κ3) is 4.18. The summed E-state index contributed by atoms with van der Waals surface area (Å²) in [6.45, 7) is 2.72. The van der Waals surface area contributed by atoms with Crippen LogP contribution in [0.3, 0.4) is 0 Å². The van der Waals surface area contributed by atoms with Gasteiger partial charge in [0.2, 0.25) is 5.91 Å². The Morgan fingerprint density at radius 1 is 1.40 bits per heavy atom. The number of hydrogen-bond donors (Lipinski definition) is 1. The monoisotopic (exact) mass is 375 g/mol. The molecule has 0 unspecified atom stereocenters. The van der Waals surface area contributed by atoms with Crippen molar-refractivity contribution < 1.29 is 9.53 Å². The lowest BCUT2D eigenvalue weighted by Gasteiger charge is -2.08. The molecule has 7 nitrogen and oxygen atoms in total. The zero-order valence-electron chi connectivity index (χ0n) is 13.8. The second-order valence-corrected chi connectivity index (χ2v) is 6.79. The fourth-order valence-corrected chi connectivity index (χ4v) is 3.57. The SMILES string of the molecule is CCn1c(SCC(=O)Nc2nccs2)nnc1-c1cccc(OC)c1. The summed E-state index contributed by atoms with van der Waals surface area (Å²) in [5.41, 5.74) is 0.924. The summed E-state index contributed by atoms with van der Waals surface area (Å²) in [6.07, 6.45) is 1.65. The van der Waals surface area contributed by atoms with E-state index in [1.54, 1.807) is 13.3 Å². The molecule has 0 saturated carbocycles. The van der Waals surface area contributed by atoms with Crippen molar-refractivity contribution in [3.05, 3.63) is 35.8 Å². The van der Waals surface area contributed by atoms with Crippen LogP contribution in [0.1, 0.15) is 6.92 Å². The van der Waals surface area contributed by atoms with E-state index < -0.39 is 0 Å². The van der Waals surface area contributed by atoms with Gasteiger partial charge in [-0.1, -0.05) is 23.9 Å². The molecule has 130 valence electrons. The van der Waals surface area contributed by atoms with Crippen LogP contribution in [0.4, 0.5) is 5.13 Å². The summed E-state index contributed by atoms with van der Waals surface area (Å²) in [4.78, 5) is 16.0. The van der Waals surface area contributed by atoms with Crippen LogP contribution >= 0.6 is 23.1 Å². The average Bonchev–Trinajstić information content (AvgIpc) is 3.29. The van der Waals surface area contributed by atoms with Gasteiger partial charge in [0, 0.05) is 23.7 Å². The third-order valence-corrected chi connectivity index (χ3v) is 5.03. The van der Waals surface area contributed by atoms with E-state index in [0.717, 1.165) is 17.1 Å². The number of nitrogens with zero attached hydrogens (tertiary/aromatic N) is 4. The molecule has 3 rings (SSSR count). The van der Waals surface area contributed by atoms with Gasteiger partial charge in [0.25, 0.3) is 0 Å². The molecule has 0 aliphatic heterocycles. The number of rotatable bonds is 7. The molecule has 0 radical (unpaired) electrons. The van der Waals surface area contributed by atoms with Gasteiger partial charge in [0.15, 0.2) is 16.1 Å². The maximum absolute atomic E-state index is 12.0. The van der Waals surface area contributed by atoms with Gasteiger partial charge in [-0.25, -0.2) is 4.98 Å². The van der Waals surface area contributed by atoms with Gasteiger partial charge in [0.05, 0.1) is 12.9 Å². The summed E-state index contributed by atoms with van der Waals surface area (Å²) >= 11 is 2.74. The van der Waals surface area contributed by atoms with E-state index in [1.807, 2.05) is 41.1 Å². The molecule has 0 spiro atoms. The van der Waals surface area contributed by atoms with Crippen molar-refractivity contribution in [3.8, 4) is 17.1 Å². The lowest BCUT2D eigenvalue weighted by Crippen LogP contribution is -2.14. The maximum atomic E-state index is 12.0. The molecule has 0 fully saturated rings. The number of amides is 1. The van der Waals surface area contributed by atoms with E-state index in [1.165, 1.54) is 23.1 Å². The Bertz CT molecular complexity index is 848. The molecule has 1 N–H and O–H groups in total. The number of thiazole rings is 1. The van der Waals surface area contributed by atoms with Gasteiger partial charge in [-0.05, 0) is 19.1 Å². The minimum atomic E-state index is -0.117. The Hall–Kier alpha value is -2.39. The van der Waals surface area contributed by atoms with Crippen LogP contribution in [0.15, 0.2) is 41.0 Å². The first-order chi connectivity index (χ1) is 12.2. The Morgan fingerprint density at radius 2 is 2.28 bits per heavy atom. The fourth-order valence-electron chi connectivity index (χ4n) is 2.23. The number of benzene rings is 1. The number of methoxy groups -OCH3 is 1. The molecule has 0 aliphatic rings. The molecule has 1 aromatic carbocycles. The molecule has 2 aromatic heterocycles. The van der Waals surface area contributed by atoms with E-state index in [0.29, 0.717) is 16.8 Å². The van der Waals surface area contributed by atoms with E-state index >= 15 is 0 Å². The quantitative estimate of drug-likeness (QED) is 0.639. The molecule has 0 aliphatic carbocycles. The van der Waals surface area contributed by atoms with E-state index in [9.17, 15) is 4.79 Å². The lowest BCUT2D eigenvalue weighted by atomic mass is 10.2. The van der Waals surface area contributed by atoms with Crippen molar-refractivity contribution in [2.45, 2.75) is 18.6 Å². The summed E-state index contributed by atoms with van der Waals surface area (Å²) in [5.74, 6) is 1.65. The number of ether oxygens (including phenoxy) is 1. The van der Waals surface area contributed by atoms with Crippen molar-refractivity contribution in [1.82, 2.24) is 19.7 Å². The summed E-state index contributed by atoms with van der Waals surface area (Å²) in [7, 11) is 1.63. The molecular formula is C16H17N5O2S2. The molecule has 0 bridgehead atoms. The first-order valence-corrected chi connectivity index (χ1v) is 9.47. The molecule has 2 heterocycles. The topological polar surface area (TPSA) is 81.9 Å². The summed E-state index contributed by atoms with van der Waals surface area (Å²) in [6, 6.07) is 7.67. The van der Waals surface area contributed by atoms with E-state index in [2.05, 4.69) is 20.5 Å². The van der Waals surface area contributed by atoms with Gasteiger partial charge in [-0.3, -0.25) is 4.79 Å². The Balaban J connectivity index is 1.72. The highest BCUT2D eigenvalue weighted by atomic mass is 32.2. The summed E-state index contributed by atoms with van der Waals surface area (Å²) < 4.78 is 7.25. The normalized spacial score (nSPS) is 10.6. The molecule has 0 atom stereocenters. The predicted octanol–water partition coefficient (Wildman–Crippen LogP) is 3.16. The van der Waals surface area contributed by atoms with Crippen molar-refractivity contribution in [2.75, 3.05) is 18.2 Å². The zero-order chi connectivity index (χ0) is 17.6. The van der Waals surface area contributed by atoms with Gasteiger partial charge in [-0.15, -0.1) is 21.5 Å². The number of carbonyl (C=O) groups excluding carboxylic acids is 1. The van der Waals surface area contributed by atoms with Gasteiger partial charge in [-0.2, -0.15) is 0 Å². The molecule has 1 amide bonds. The Morgan fingerprint density at radius 3 is 3.00 bits per heavy atom. The maximum Gasteiger partial charge on any atom is 0.236 e. The lowest BCUT2D eigenvalue weighted by molar-refractivity contribution is -0.113. The van der Waals surface area contributed by atoms with Crippen LogP contribution in [-0.2, 0) is 11.3 Å². The Kier molecular flexibility index (Phi) is 5.67. The predicted molar refractivity (Wildman–Crippen MR) is 99.2 cm³/mol. The third-order valence-electron chi connectivity index (χ3n) is 3.37. The van der Waals surface area contributed by atoms with Crippen LogP contribution in [0, 0.1) is 0 Å². The highest BCUT2D eigenvalue weighted by Crippen LogP contribution is 2.26. The minimum Gasteiger partial charge on any atom is -0.497 e. The van der Waals surface area contributed by atoms with E-state index in [4.69, 9.17) is 4.74 Å². The molecule has 0 saturated heterocycles. The number of carbonyl (C=O) groups is 1. The number of aromatic nitrogens is 4. The average molecular weight is 375 g/mol. The number of anilines is 1. The highest BCUT2D eigenvalue weighted by Gasteiger charge is 2.15. The minimum absolute atomic E-state index is 0.117. The van der Waals surface area contributed by atoms with Gasteiger partial charge in [0.1, 0.15) is 5.75 Å². The Labute approximate surface area is 153 Å². The second-order valence-electron chi connectivity index (χ2n) is 4.96. The van der Waals surface area contributed by atoms with Crippen molar-refractivity contribution in [1.29, 1.82) is 0 Å². The standard InChI is InChI=1S/C16H17N5O2S2/c1-3-21-14(11-5-4-6-12(9-11)23-2)19-20-16(21)25-10-13(22)18-15-17-7-8-24-15/h4-9H,3,10H2,1-2H3,(H,17,18,22). The van der Waals surface area contributed by atoms with Gasteiger partial charge >= 0.3 is 0 Å². The van der Waals surface area contributed by atoms with Crippen LogP contribution in [0.25, 0.3) is 11.4 Å². The van der Waals surface area contributed by atoms with Crippen molar-refractivity contribution in [3.63, 3.8) is 0 Å². The fraction of sp³-hybridized carbons (Fsp3) is 0.250. The smallest absolute Gasteiger partial charge is 0.236 e. The van der Waals surface area contributed by atoms with Crippen LogP contribution < -0.4 is 10.1 Å². The largest absolute Gasteiger partial charge is 0.497 e. The van der Waals surface area contributed by atoms with Crippen LogP contribution in [-0.4, -0.2) is 38.5 Å². The molecular weight excluding hydrogens is 358 g/mol. The molecule has 9 heteroatoms. The molecule has 25 heavy (non-hydrogen) atoms. The van der Waals surface area contributed by atoms with Gasteiger partial charge < -0.3 is 14.6 Å². The number of thioether (sulfide) groups is 1. The van der Waals surface area contributed by atoms with Crippen molar-refractivity contribution in [2.24, 2.45) is 0 Å². The number of hydrogen-bond acceptors (Lipinski definition) is 7. The first-order valence-electron chi connectivity index (χ1n) is 7.61. The zero-order valence-corrected chi connectivity index (χ0v) is 15.4. The number of nitrogens with one attached hydrogen (secondary N) is 1. The van der Waals surface area contributed by atoms with Crippen LogP contribution in [0.2, 0.25) is 0 Å². The second kappa shape index (κ2) is 8.13. The van der Waals surface area contributed by atoms with E-state index in [-0.39, 0.29) is 11.7 Å². The highest BCUT2D eigenvalue weighted by molar-refractivity contribution is 7.99. The van der Waals surface area contributed by atoms with Crippen molar-refractivity contribution >= 4 is 34.1 Å². The first kappa shape index (κ1) is 17.4. The summed E-state index contributed by atoms with van der Waals surface area (Å²) in [5, 5.41) is 14.4.